The number of nitrogens with one attached hydrogen (secondary N) is 1. The molecule has 1 N–H and O–H groups in total. The van der Waals surface area contributed by atoms with Crippen LogP contribution in [-0.4, -0.2) is 11.0 Å². The molecule has 3 aliphatic rings. The molecule has 0 saturated heterocycles. The summed E-state index contributed by atoms with van der Waals surface area (Å²) in [7, 11) is 0. The summed E-state index contributed by atoms with van der Waals surface area (Å²) < 4.78 is 0. The molecule has 0 radical (unpaired) electrons. The highest BCUT2D eigenvalue weighted by Crippen LogP contribution is 2.66. The van der Waals surface area contributed by atoms with E-state index in [1.807, 2.05) is 0 Å². The van der Waals surface area contributed by atoms with Crippen LogP contribution in [0.5, 0.6) is 0 Å². The van der Waals surface area contributed by atoms with Gasteiger partial charge in [0.05, 0.1) is 10.0 Å². The van der Waals surface area contributed by atoms with Crippen LogP contribution >= 0.6 is 23.2 Å². The quantitative estimate of drug-likeness (QED) is 0.882. The topological polar surface area (TPSA) is 24.9 Å². The fourth-order valence-electron chi connectivity index (χ4n) is 4.20. The number of hydrogen-bond donors (Lipinski definition) is 1. The van der Waals surface area contributed by atoms with Crippen molar-refractivity contribution in [2.45, 2.75) is 25.3 Å². The van der Waals surface area contributed by atoms with Crippen LogP contribution in [0.4, 0.5) is 5.82 Å². The Kier molecular flexibility index (Phi) is 2.16. The first-order chi connectivity index (χ1) is 8.24. The molecular weight excluding hydrogens is 255 g/mol. The Labute approximate surface area is 111 Å². The highest BCUT2D eigenvalue weighted by molar-refractivity contribution is 6.35. The fourth-order valence-corrected chi connectivity index (χ4v) is 4.63. The largest absolute Gasteiger partial charge is 0.366 e. The molecule has 2 bridgehead atoms. The third kappa shape index (κ3) is 1.50. The van der Waals surface area contributed by atoms with Gasteiger partial charge in [-0.15, -0.1) is 0 Å². The second-order valence-electron chi connectivity index (χ2n) is 5.64. The zero-order valence-electron chi connectivity index (χ0n) is 9.37. The lowest BCUT2D eigenvalue weighted by atomic mass is 10.0. The molecule has 0 amide bonds. The number of rotatable bonds is 2. The van der Waals surface area contributed by atoms with Crippen molar-refractivity contribution in [1.82, 2.24) is 4.98 Å². The van der Waals surface area contributed by atoms with E-state index in [9.17, 15) is 0 Å². The lowest BCUT2D eigenvalue weighted by molar-refractivity contribution is 0.456. The molecule has 0 aliphatic heterocycles. The van der Waals surface area contributed by atoms with Crippen molar-refractivity contribution in [3.63, 3.8) is 0 Å². The van der Waals surface area contributed by atoms with E-state index in [4.69, 9.17) is 23.2 Å². The molecule has 4 rings (SSSR count). The van der Waals surface area contributed by atoms with E-state index >= 15 is 0 Å². The monoisotopic (exact) mass is 268 g/mol. The first kappa shape index (κ1) is 10.5. The maximum Gasteiger partial charge on any atom is 0.145 e. The van der Waals surface area contributed by atoms with Crippen LogP contribution in [0.15, 0.2) is 12.3 Å². The van der Waals surface area contributed by atoms with Gasteiger partial charge in [-0.2, -0.15) is 0 Å². The van der Waals surface area contributed by atoms with Crippen LogP contribution in [0.2, 0.25) is 10.0 Å². The summed E-state index contributed by atoms with van der Waals surface area (Å²) >= 11 is 12.0. The molecule has 2 nitrogen and oxygen atoms in total. The number of fused-ring (bicyclic) bond motifs is 5. The third-order valence-electron chi connectivity index (χ3n) is 4.85. The van der Waals surface area contributed by atoms with E-state index in [1.165, 1.54) is 19.3 Å². The Hall–Kier alpha value is -0.470. The van der Waals surface area contributed by atoms with Crippen LogP contribution in [-0.2, 0) is 0 Å². The highest BCUT2D eigenvalue weighted by Gasteiger charge is 2.65. The van der Waals surface area contributed by atoms with Crippen molar-refractivity contribution >= 4 is 29.0 Å². The summed E-state index contributed by atoms with van der Waals surface area (Å²) in [5.74, 6) is 4.52. The van der Waals surface area contributed by atoms with Crippen LogP contribution < -0.4 is 5.32 Å². The minimum atomic E-state index is 0.594. The minimum Gasteiger partial charge on any atom is -0.366 e. The SMILES string of the molecule is Clc1cnc(NC2C3C4CCC(C4)C23)c(Cl)c1. The van der Waals surface area contributed by atoms with Gasteiger partial charge < -0.3 is 5.32 Å². The van der Waals surface area contributed by atoms with Gasteiger partial charge in [-0.05, 0) is 49.0 Å². The maximum absolute atomic E-state index is 6.14. The summed E-state index contributed by atoms with van der Waals surface area (Å²) in [5, 5.41) is 4.74. The Morgan fingerprint density at radius 2 is 1.88 bits per heavy atom. The molecule has 3 saturated carbocycles. The first-order valence-corrected chi connectivity index (χ1v) is 7.07. The standard InChI is InChI=1S/C13H14Cl2N2/c14-8-4-9(15)13(16-5-8)17-12-10-6-1-2-7(3-6)11(10)12/h4-7,10-12H,1-3H2,(H,16,17). The lowest BCUT2D eigenvalue weighted by Gasteiger charge is -2.12. The molecule has 0 aromatic carbocycles. The second kappa shape index (κ2) is 3.52. The van der Waals surface area contributed by atoms with Gasteiger partial charge in [0.1, 0.15) is 5.82 Å². The van der Waals surface area contributed by atoms with E-state index in [1.54, 1.807) is 12.3 Å². The normalized spacial score (nSPS) is 41.4. The van der Waals surface area contributed by atoms with Gasteiger partial charge in [0.2, 0.25) is 0 Å². The third-order valence-corrected chi connectivity index (χ3v) is 5.34. The van der Waals surface area contributed by atoms with Crippen LogP contribution in [0.3, 0.4) is 0 Å². The minimum absolute atomic E-state index is 0.594. The molecule has 3 aliphatic carbocycles. The molecule has 90 valence electrons. The zero-order valence-corrected chi connectivity index (χ0v) is 10.9. The van der Waals surface area contributed by atoms with Crippen LogP contribution in [0, 0.1) is 23.7 Å². The first-order valence-electron chi connectivity index (χ1n) is 6.31. The lowest BCUT2D eigenvalue weighted by Crippen LogP contribution is -2.13. The highest BCUT2D eigenvalue weighted by atomic mass is 35.5. The van der Waals surface area contributed by atoms with E-state index in [-0.39, 0.29) is 0 Å². The average Bonchev–Trinajstić information content (AvgIpc) is 2.70. The van der Waals surface area contributed by atoms with Gasteiger partial charge in [-0.1, -0.05) is 23.2 Å². The molecule has 0 spiro atoms. The Balaban J connectivity index is 1.52. The summed E-state index contributed by atoms with van der Waals surface area (Å²) in [6.07, 6.45) is 6.00. The Morgan fingerprint density at radius 3 is 2.53 bits per heavy atom. The predicted molar refractivity (Wildman–Crippen MR) is 69.5 cm³/mol. The molecule has 4 heteroatoms. The zero-order chi connectivity index (χ0) is 11.6. The molecule has 4 atom stereocenters. The van der Waals surface area contributed by atoms with Gasteiger partial charge in [0, 0.05) is 12.2 Å². The van der Waals surface area contributed by atoms with Gasteiger partial charge in [0.15, 0.2) is 0 Å². The summed E-state index contributed by atoms with van der Waals surface area (Å²) in [6, 6.07) is 2.37. The molecule has 3 fully saturated rings. The van der Waals surface area contributed by atoms with Gasteiger partial charge in [0.25, 0.3) is 0 Å². The van der Waals surface area contributed by atoms with Crippen molar-refractivity contribution in [2.75, 3.05) is 5.32 Å². The maximum atomic E-state index is 6.14. The van der Waals surface area contributed by atoms with E-state index in [0.717, 1.165) is 29.5 Å². The molecule has 1 aromatic heterocycles. The van der Waals surface area contributed by atoms with Crippen molar-refractivity contribution < 1.29 is 0 Å². The smallest absolute Gasteiger partial charge is 0.145 e. The van der Waals surface area contributed by atoms with E-state index in [0.29, 0.717) is 16.1 Å². The number of nitrogens with zero attached hydrogens (tertiary/aromatic N) is 1. The van der Waals surface area contributed by atoms with Crippen LogP contribution in [0.25, 0.3) is 0 Å². The summed E-state index contributed by atoms with van der Waals surface area (Å²) in [4.78, 5) is 4.28. The number of hydrogen-bond acceptors (Lipinski definition) is 2. The van der Waals surface area contributed by atoms with E-state index < -0.39 is 0 Å². The molecule has 4 unspecified atom stereocenters. The van der Waals surface area contributed by atoms with Gasteiger partial charge in [-0.25, -0.2) is 4.98 Å². The van der Waals surface area contributed by atoms with E-state index in [2.05, 4.69) is 10.3 Å². The number of anilines is 1. The molecule has 1 aromatic rings. The predicted octanol–water partition coefficient (Wildman–Crippen LogP) is 3.84. The second-order valence-corrected chi connectivity index (χ2v) is 6.49. The Bertz CT molecular complexity index is 460. The van der Waals surface area contributed by atoms with Gasteiger partial charge >= 0.3 is 0 Å². The Morgan fingerprint density at radius 1 is 1.18 bits per heavy atom. The molecule has 17 heavy (non-hydrogen) atoms. The average molecular weight is 269 g/mol. The number of aromatic nitrogens is 1. The van der Waals surface area contributed by atoms with Gasteiger partial charge in [-0.3, -0.25) is 0 Å². The van der Waals surface area contributed by atoms with Crippen LogP contribution in [0.1, 0.15) is 19.3 Å². The van der Waals surface area contributed by atoms with Crippen molar-refractivity contribution in [2.24, 2.45) is 23.7 Å². The van der Waals surface area contributed by atoms with Crippen molar-refractivity contribution in [1.29, 1.82) is 0 Å². The number of halogens is 2. The molecule has 1 heterocycles. The molecular formula is C13H14Cl2N2. The summed E-state index contributed by atoms with van der Waals surface area (Å²) in [6.45, 7) is 0. The number of pyridine rings is 1. The van der Waals surface area contributed by atoms with Crippen molar-refractivity contribution in [3.05, 3.63) is 22.3 Å². The summed E-state index contributed by atoms with van der Waals surface area (Å²) in [5.41, 5.74) is 0. The van der Waals surface area contributed by atoms with Crippen molar-refractivity contribution in [3.8, 4) is 0 Å². The fraction of sp³-hybridized carbons (Fsp3) is 0.615.